The molecule has 0 aromatic rings. The van der Waals surface area contributed by atoms with Crippen molar-refractivity contribution in [2.45, 2.75) is 13.0 Å². The lowest BCUT2D eigenvalue weighted by molar-refractivity contribution is -0.136. The maximum atomic E-state index is 11.6. The molecule has 2 aliphatic heterocycles. The van der Waals surface area contributed by atoms with Gasteiger partial charge in [0.25, 0.3) is 0 Å². The Morgan fingerprint density at radius 2 is 2.06 bits per heavy atom. The minimum absolute atomic E-state index is 0.143. The molecule has 18 heavy (non-hydrogen) atoms. The summed E-state index contributed by atoms with van der Waals surface area (Å²) in [5, 5.41) is 0. The maximum Gasteiger partial charge on any atom is 0.414 e. The van der Waals surface area contributed by atoms with Crippen LogP contribution in [0.2, 0.25) is 0 Å². The van der Waals surface area contributed by atoms with Gasteiger partial charge in [-0.15, -0.1) is 0 Å². The molecule has 6 nitrogen and oxygen atoms in total. The number of piperazine rings is 1. The van der Waals surface area contributed by atoms with Crippen LogP contribution >= 0.6 is 0 Å². The van der Waals surface area contributed by atoms with E-state index in [2.05, 4.69) is 11.5 Å². The van der Waals surface area contributed by atoms with Crippen LogP contribution < -0.4 is 0 Å². The van der Waals surface area contributed by atoms with Crippen LogP contribution in [0.4, 0.5) is 4.79 Å². The minimum atomic E-state index is -0.348. The van der Waals surface area contributed by atoms with E-state index in [0.29, 0.717) is 25.4 Å². The molecular formula is C12H19N3O3. The largest absolute Gasteiger partial charge is 0.416 e. The molecule has 100 valence electrons. The van der Waals surface area contributed by atoms with Crippen LogP contribution in [0.1, 0.15) is 6.92 Å². The Labute approximate surface area is 107 Å². The Hall–Kier alpha value is -1.56. The highest BCUT2D eigenvalue weighted by atomic mass is 16.6. The summed E-state index contributed by atoms with van der Waals surface area (Å²) in [5.74, 6) is 0.544. The van der Waals surface area contributed by atoms with Crippen molar-refractivity contribution in [3.63, 3.8) is 0 Å². The lowest BCUT2D eigenvalue weighted by atomic mass is 10.1. The standard InChI is InChI=1S/C12H19N3O3/c1-9(2)18-12(17)15-6-10(7-15)14-5-4-13(3)11(16)8-14/h10H,1,4-8H2,2-3H3. The van der Waals surface area contributed by atoms with E-state index in [-0.39, 0.29) is 18.0 Å². The van der Waals surface area contributed by atoms with E-state index < -0.39 is 0 Å². The van der Waals surface area contributed by atoms with Gasteiger partial charge >= 0.3 is 6.09 Å². The Morgan fingerprint density at radius 3 is 2.61 bits per heavy atom. The lowest BCUT2D eigenvalue weighted by Gasteiger charge is -2.46. The number of hydrogen-bond donors (Lipinski definition) is 0. The van der Waals surface area contributed by atoms with Crippen molar-refractivity contribution >= 4 is 12.0 Å². The van der Waals surface area contributed by atoms with Crippen LogP contribution in [-0.4, -0.2) is 72.5 Å². The second kappa shape index (κ2) is 4.97. The third kappa shape index (κ3) is 2.64. The van der Waals surface area contributed by atoms with Crippen molar-refractivity contribution < 1.29 is 14.3 Å². The summed E-state index contributed by atoms with van der Waals surface area (Å²) >= 11 is 0. The molecule has 2 rings (SSSR count). The molecule has 0 bridgehead atoms. The van der Waals surface area contributed by atoms with Crippen molar-refractivity contribution in [2.75, 3.05) is 39.8 Å². The summed E-state index contributed by atoms with van der Waals surface area (Å²) in [6, 6.07) is 0.278. The van der Waals surface area contributed by atoms with Gasteiger partial charge in [-0.2, -0.15) is 0 Å². The average Bonchev–Trinajstić information content (AvgIpc) is 2.20. The number of hydrogen-bond acceptors (Lipinski definition) is 4. The van der Waals surface area contributed by atoms with E-state index in [1.54, 1.807) is 16.7 Å². The monoisotopic (exact) mass is 253 g/mol. The number of likely N-dealkylation sites (tertiary alicyclic amines) is 1. The third-order valence-corrected chi connectivity index (χ3v) is 3.39. The van der Waals surface area contributed by atoms with Crippen LogP contribution in [-0.2, 0) is 9.53 Å². The molecule has 2 fully saturated rings. The molecule has 2 saturated heterocycles. The van der Waals surface area contributed by atoms with E-state index in [4.69, 9.17) is 4.74 Å². The molecule has 0 spiro atoms. The number of ether oxygens (including phenoxy) is 1. The zero-order chi connectivity index (χ0) is 13.3. The van der Waals surface area contributed by atoms with Gasteiger partial charge in [-0.05, 0) is 6.92 Å². The predicted octanol–water partition coefficient (Wildman–Crippen LogP) is 0.115. The van der Waals surface area contributed by atoms with Gasteiger partial charge in [-0.1, -0.05) is 6.58 Å². The molecule has 0 atom stereocenters. The molecule has 2 heterocycles. The van der Waals surface area contributed by atoms with Crippen LogP contribution in [0.25, 0.3) is 0 Å². The fourth-order valence-corrected chi connectivity index (χ4v) is 2.14. The van der Waals surface area contributed by atoms with E-state index in [0.717, 1.165) is 13.1 Å². The van der Waals surface area contributed by atoms with Crippen molar-refractivity contribution in [2.24, 2.45) is 0 Å². The van der Waals surface area contributed by atoms with Gasteiger partial charge in [0.15, 0.2) is 0 Å². The first-order valence-corrected chi connectivity index (χ1v) is 6.07. The number of amides is 2. The van der Waals surface area contributed by atoms with Crippen LogP contribution in [0, 0.1) is 0 Å². The first-order chi connectivity index (χ1) is 8.47. The van der Waals surface area contributed by atoms with Crippen molar-refractivity contribution in [1.29, 1.82) is 0 Å². The number of likely N-dealkylation sites (N-methyl/N-ethyl adjacent to an activating group) is 1. The zero-order valence-electron chi connectivity index (χ0n) is 10.9. The van der Waals surface area contributed by atoms with E-state index >= 15 is 0 Å². The van der Waals surface area contributed by atoms with E-state index in [9.17, 15) is 9.59 Å². The Morgan fingerprint density at radius 1 is 1.39 bits per heavy atom. The number of rotatable bonds is 2. The average molecular weight is 253 g/mol. The van der Waals surface area contributed by atoms with Gasteiger partial charge in [0.1, 0.15) is 0 Å². The second-order valence-corrected chi connectivity index (χ2v) is 4.91. The first kappa shape index (κ1) is 12.9. The highest BCUT2D eigenvalue weighted by Crippen LogP contribution is 2.18. The molecule has 0 unspecified atom stereocenters. The van der Waals surface area contributed by atoms with Crippen molar-refractivity contribution in [1.82, 2.24) is 14.7 Å². The Kier molecular flexibility index (Phi) is 3.56. The second-order valence-electron chi connectivity index (χ2n) is 4.91. The molecule has 0 aromatic carbocycles. The summed E-state index contributed by atoms with van der Waals surface area (Å²) in [4.78, 5) is 28.6. The molecule has 2 aliphatic rings. The lowest BCUT2D eigenvalue weighted by Crippen LogP contribution is -2.64. The quantitative estimate of drug-likeness (QED) is 0.656. The molecule has 6 heteroatoms. The van der Waals surface area contributed by atoms with Crippen LogP contribution in [0.3, 0.4) is 0 Å². The fourth-order valence-electron chi connectivity index (χ4n) is 2.14. The van der Waals surface area contributed by atoms with Gasteiger partial charge in [0.2, 0.25) is 5.91 Å². The Balaban J connectivity index is 1.77. The molecular weight excluding hydrogens is 234 g/mol. The molecule has 0 saturated carbocycles. The van der Waals surface area contributed by atoms with Crippen LogP contribution in [0.5, 0.6) is 0 Å². The van der Waals surface area contributed by atoms with Crippen molar-refractivity contribution in [3.05, 3.63) is 12.3 Å². The normalized spacial score (nSPS) is 21.8. The van der Waals surface area contributed by atoms with Crippen LogP contribution in [0.15, 0.2) is 12.3 Å². The topological polar surface area (TPSA) is 53.1 Å². The zero-order valence-corrected chi connectivity index (χ0v) is 10.9. The van der Waals surface area contributed by atoms with Gasteiger partial charge in [0.05, 0.1) is 12.3 Å². The van der Waals surface area contributed by atoms with Gasteiger partial charge in [-0.25, -0.2) is 4.79 Å². The fraction of sp³-hybridized carbons (Fsp3) is 0.667. The highest BCUT2D eigenvalue weighted by molar-refractivity contribution is 5.78. The molecule has 0 radical (unpaired) electrons. The number of carbonyl (C=O) groups excluding carboxylic acids is 2. The smallest absolute Gasteiger partial charge is 0.414 e. The number of allylic oxidation sites excluding steroid dienone is 1. The molecule has 0 N–H and O–H groups in total. The molecule has 2 amide bonds. The number of nitrogens with zero attached hydrogens (tertiary/aromatic N) is 3. The molecule has 0 aromatic heterocycles. The highest BCUT2D eigenvalue weighted by Gasteiger charge is 2.38. The SMILES string of the molecule is C=C(C)OC(=O)N1CC(N2CCN(C)C(=O)C2)C1. The maximum absolute atomic E-state index is 11.6. The number of carbonyl (C=O) groups is 2. The third-order valence-electron chi connectivity index (χ3n) is 3.39. The Bertz CT molecular complexity index is 377. The van der Waals surface area contributed by atoms with Gasteiger partial charge < -0.3 is 14.5 Å². The first-order valence-electron chi connectivity index (χ1n) is 6.07. The summed E-state index contributed by atoms with van der Waals surface area (Å²) in [7, 11) is 1.82. The summed E-state index contributed by atoms with van der Waals surface area (Å²) < 4.78 is 4.93. The minimum Gasteiger partial charge on any atom is -0.416 e. The van der Waals surface area contributed by atoms with E-state index in [1.165, 1.54) is 0 Å². The summed E-state index contributed by atoms with van der Waals surface area (Å²) in [5.41, 5.74) is 0. The summed E-state index contributed by atoms with van der Waals surface area (Å²) in [6.07, 6.45) is -0.348. The van der Waals surface area contributed by atoms with E-state index in [1.807, 2.05) is 7.05 Å². The van der Waals surface area contributed by atoms with Crippen molar-refractivity contribution in [3.8, 4) is 0 Å². The molecule has 0 aliphatic carbocycles. The van der Waals surface area contributed by atoms with Gasteiger partial charge in [0, 0.05) is 39.3 Å². The summed E-state index contributed by atoms with van der Waals surface area (Å²) in [6.45, 7) is 8.51. The van der Waals surface area contributed by atoms with Gasteiger partial charge in [-0.3, -0.25) is 9.69 Å². The predicted molar refractivity (Wildman–Crippen MR) is 65.9 cm³/mol.